The van der Waals surface area contributed by atoms with E-state index < -0.39 is 12.6 Å². The Morgan fingerprint density at radius 3 is 2.50 bits per heavy atom. The summed E-state index contributed by atoms with van der Waals surface area (Å²) in [6.45, 7) is 3.02. The summed E-state index contributed by atoms with van der Waals surface area (Å²) in [7, 11) is 0. The summed E-state index contributed by atoms with van der Waals surface area (Å²) in [5.74, 6) is 0. The van der Waals surface area contributed by atoms with Gasteiger partial charge in [-0.2, -0.15) is 13.2 Å². The van der Waals surface area contributed by atoms with Crippen molar-refractivity contribution in [1.29, 1.82) is 0 Å². The summed E-state index contributed by atoms with van der Waals surface area (Å²) in [4.78, 5) is 0. The Morgan fingerprint density at radius 2 is 2.00 bits per heavy atom. The normalized spacial score (nSPS) is 14.4. The number of rotatable bonds is 7. The quantitative estimate of drug-likeness (QED) is 0.634. The van der Waals surface area contributed by atoms with Gasteiger partial charge in [0.2, 0.25) is 0 Å². The SMILES string of the molecule is CCCC(N)CNCCCC(F)(F)F. The van der Waals surface area contributed by atoms with Crippen LogP contribution >= 0.6 is 0 Å². The Kier molecular flexibility index (Phi) is 6.92. The molecule has 2 nitrogen and oxygen atoms in total. The molecule has 0 spiro atoms. The van der Waals surface area contributed by atoms with Gasteiger partial charge in [-0.1, -0.05) is 13.3 Å². The van der Waals surface area contributed by atoms with Crippen LogP contribution in [0.1, 0.15) is 32.6 Å². The molecule has 0 amide bonds. The predicted molar refractivity (Wildman–Crippen MR) is 51.0 cm³/mol. The van der Waals surface area contributed by atoms with E-state index in [1.54, 1.807) is 0 Å². The van der Waals surface area contributed by atoms with Gasteiger partial charge in [-0.05, 0) is 19.4 Å². The highest BCUT2D eigenvalue weighted by molar-refractivity contribution is 4.64. The first-order valence-corrected chi connectivity index (χ1v) is 4.98. The standard InChI is InChI=1S/C9H19F3N2/c1-2-4-8(13)7-14-6-3-5-9(10,11)12/h8,14H,2-7,13H2,1H3. The Morgan fingerprint density at radius 1 is 1.36 bits per heavy atom. The third-order valence-corrected chi connectivity index (χ3v) is 1.88. The molecule has 3 N–H and O–H groups in total. The van der Waals surface area contributed by atoms with Crippen LogP contribution in [0.2, 0.25) is 0 Å². The van der Waals surface area contributed by atoms with Gasteiger partial charge in [0.15, 0.2) is 0 Å². The molecule has 0 fully saturated rings. The monoisotopic (exact) mass is 212 g/mol. The lowest BCUT2D eigenvalue weighted by Crippen LogP contribution is -2.34. The number of halogens is 3. The van der Waals surface area contributed by atoms with Crippen LogP contribution in [0.5, 0.6) is 0 Å². The second-order valence-corrected chi connectivity index (χ2v) is 3.47. The zero-order valence-corrected chi connectivity index (χ0v) is 8.53. The summed E-state index contributed by atoms with van der Waals surface area (Å²) >= 11 is 0. The van der Waals surface area contributed by atoms with Gasteiger partial charge in [-0.25, -0.2) is 0 Å². The maximum Gasteiger partial charge on any atom is 0.389 e. The lowest BCUT2D eigenvalue weighted by Gasteiger charge is -2.11. The van der Waals surface area contributed by atoms with Crippen molar-refractivity contribution in [2.75, 3.05) is 13.1 Å². The Balaban J connectivity index is 3.21. The van der Waals surface area contributed by atoms with Crippen LogP contribution in [0.15, 0.2) is 0 Å². The maximum absolute atomic E-state index is 11.7. The van der Waals surface area contributed by atoms with E-state index in [0.717, 1.165) is 12.8 Å². The van der Waals surface area contributed by atoms with Crippen LogP contribution in [-0.4, -0.2) is 25.3 Å². The molecule has 0 aliphatic heterocycles. The third kappa shape index (κ3) is 9.80. The van der Waals surface area contributed by atoms with Gasteiger partial charge in [0.05, 0.1) is 0 Å². The van der Waals surface area contributed by atoms with E-state index in [-0.39, 0.29) is 12.5 Å². The summed E-state index contributed by atoms with van der Waals surface area (Å²) in [6, 6.07) is 0.0610. The summed E-state index contributed by atoms with van der Waals surface area (Å²) in [5.41, 5.74) is 5.67. The first kappa shape index (κ1) is 13.7. The molecule has 0 bridgehead atoms. The Hall–Kier alpha value is -0.290. The molecule has 0 aromatic heterocycles. The van der Waals surface area contributed by atoms with E-state index in [0.29, 0.717) is 13.1 Å². The highest BCUT2D eigenvalue weighted by Gasteiger charge is 2.25. The van der Waals surface area contributed by atoms with Crippen molar-refractivity contribution in [2.45, 2.75) is 44.8 Å². The van der Waals surface area contributed by atoms with Crippen molar-refractivity contribution in [2.24, 2.45) is 5.73 Å². The van der Waals surface area contributed by atoms with Crippen molar-refractivity contribution in [1.82, 2.24) is 5.32 Å². The van der Waals surface area contributed by atoms with Gasteiger partial charge in [0, 0.05) is 19.0 Å². The molecule has 0 radical (unpaired) electrons. The van der Waals surface area contributed by atoms with Crippen LogP contribution in [-0.2, 0) is 0 Å². The Labute approximate surface area is 83.0 Å². The first-order chi connectivity index (χ1) is 6.45. The van der Waals surface area contributed by atoms with Gasteiger partial charge in [0.25, 0.3) is 0 Å². The minimum atomic E-state index is -4.03. The molecule has 1 atom stereocenters. The molecule has 0 aliphatic carbocycles. The van der Waals surface area contributed by atoms with Crippen molar-refractivity contribution in [3.63, 3.8) is 0 Å². The molecule has 86 valence electrons. The first-order valence-electron chi connectivity index (χ1n) is 4.98. The molecule has 5 heteroatoms. The molecule has 0 heterocycles. The fraction of sp³-hybridized carbons (Fsp3) is 1.00. The number of alkyl halides is 3. The van der Waals surface area contributed by atoms with E-state index in [4.69, 9.17) is 5.73 Å². The highest BCUT2D eigenvalue weighted by atomic mass is 19.4. The van der Waals surface area contributed by atoms with E-state index in [2.05, 4.69) is 5.32 Å². The molecule has 14 heavy (non-hydrogen) atoms. The summed E-state index contributed by atoms with van der Waals surface area (Å²) in [5, 5.41) is 2.92. The molecule has 0 aliphatic rings. The van der Waals surface area contributed by atoms with E-state index in [9.17, 15) is 13.2 Å². The fourth-order valence-corrected chi connectivity index (χ4v) is 1.17. The summed E-state index contributed by atoms with van der Waals surface area (Å²) in [6.07, 6.45) is -2.71. The zero-order chi connectivity index (χ0) is 11.0. The van der Waals surface area contributed by atoms with Gasteiger partial charge >= 0.3 is 6.18 Å². The number of nitrogens with one attached hydrogen (secondary N) is 1. The number of nitrogens with two attached hydrogens (primary N) is 1. The van der Waals surface area contributed by atoms with E-state index in [1.807, 2.05) is 6.92 Å². The predicted octanol–water partition coefficient (Wildman–Crippen LogP) is 2.05. The number of hydrogen-bond acceptors (Lipinski definition) is 2. The molecular weight excluding hydrogens is 193 g/mol. The van der Waals surface area contributed by atoms with Crippen molar-refractivity contribution in [3.05, 3.63) is 0 Å². The average molecular weight is 212 g/mol. The van der Waals surface area contributed by atoms with E-state index >= 15 is 0 Å². The molecule has 0 saturated carbocycles. The molecule has 0 aromatic carbocycles. The molecule has 1 unspecified atom stereocenters. The summed E-state index contributed by atoms with van der Waals surface area (Å²) < 4.78 is 35.1. The van der Waals surface area contributed by atoms with Crippen LogP contribution in [0.25, 0.3) is 0 Å². The van der Waals surface area contributed by atoms with Crippen molar-refractivity contribution >= 4 is 0 Å². The zero-order valence-electron chi connectivity index (χ0n) is 8.53. The molecule has 0 saturated heterocycles. The molecular formula is C9H19F3N2. The van der Waals surface area contributed by atoms with Crippen LogP contribution in [0.3, 0.4) is 0 Å². The lowest BCUT2D eigenvalue weighted by atomic mass is 10.2. The van der Waals surface area contributed by atoms with Gasteiger partial charge < -0.3 is 11.1 Å². The third-order valence-electron chi connectivity index (χ3n) is 1.88. The van der Waals surface area contributed by atoms with Gasteiger partial charge in [0.1, 0.15) is 0 Å². The second-order valence-electron chi connectivity index (χ2n) is 3.47. The second kappa shape index (κ2) is 7.06. The van der Waals surface area contributed by atoms with Crippen molar-refractivity contribution in [3.8, 4) is 0 Å². The topological polar surface area (TPSA) is 38.0 Å². The van der Waals surface area contributed by atoms with Crippen LogP contribution in [0.4, 0.5) is 13.2 Å². The average Bonchev–Trinajstić information content (AvgIpc) is 2.02. The smallest absolute Gasteiger partial charge is 0.327 e. The molecule has 0 rings (SSSR count). The van der Waals surface area contributed by atoms with Crippen LogP contribution in [0, 0.1) is 0 Å². The minimum Gasteiger partial charge on any atom is -0.327 e. The highest BCUT2D eigenvalue weighted by Crippen LogP contribution is 2.20. The largest absolute Gasteiger partial charge is 0.389 e. The number of hydrogen-bond donors (Lipinski definition) is 2. The van der Waals surface area contributed by atoms with Gasteiger partial charge in [-0.3, -0.25) is 0 Å². The van der Waals surface area contributed by atoms with Crippen LogP contribution < -0.4 is 11.1 Å². The fourth-order valence-electron chi connectivity index (χ4n) is 1.17. The molecule has 0 aromatic rings. The minimum absolute atomic E-state index is 0.0610. The Bertz CT molecular complexity index is 137. The van der Waals surface area contributed by atoms with E-state index in [1.165, 1.54) is 0 Å². The lowest BCUT2D eigenvalue weighted by molar-refractivity contribution is -0.135. The van der Waals surface area contributed by atoms with Crippen molar-refractivity contribution < 1.29 is 13.2 Å². The maximum atomic E-state index is 11.7. The van der Waals surface area contributed by atoms with Gasteiger partial charge in [-0.15, -0.1) is 0 Å².